The van der Waals surface area contributed by atoms with Crippen molar-refractivity contribution >= 4 is 34.0 Å². The topological polar surface area (TPSA) is 185 Å². The molecule has 4 atom stereocenters. The molecule has 3 aromatic carbocycles. The first kappa shape index (κ1) is 29.5. The number of nitrogens with two attached hydrogens (primary N) is 1. The highest BCUT2D eigenvalue weighted by Crippen LogP contribution is 2.54. The maximum atomic E-state index is 14.1. The zero-order valence-corrected chi connectivity index (χ0v) is 24.4. The van der Waals surface area contributed by atoms with Crippen molar-refractivity contribution in [2.24, 2.45) is 17.6 Å². The largest absolute Gasteiger partial charge is 0.508 e. The number of hydrogen-bond donors (Lipinski definition) is 6. The zero-order valence-electron chi connectivity index (χ0n) is 24.4. The van der Waals surface area contributed by atoms with Crippen LogP contribution in [0.3, 0.4) is 0 Å². The standard InChI is InChI=1S/C33H33N3O8/c1-35(2)27-22-13-16-12-21-20(19-9-8-15(14-36(3)44)17-6-4-5-7-18(17)19)10-11-23(37)25(21)28(38)24(16)30(40)33(22,43)31(41)26(29(27)39)32(34)42/h4-11,16,22,27,37-38,41,43-44H,12-14H2,1-3H3,(H2,34,42)/t16-,22-,27+,33-/m0/s1. The fourth-order valence-corrected chi connectivity index (χ4v) is 7.48. The van der Waals surface area contributed by atoms with Gasteiger partial charge in [-0.3, -0.25) is 19.3 Å². The van der Waals surface area contributed by atoms with Gasteiger partial charge in [-0.15, -0.1) is 0 Å². The molecule has 3 aliphatic carbocycles. The highest BCUT2D eigenvalue weighted by Gasteiger charge is 2.64. The summed E-state index contributed by atoms with van der Waals surface area (Å²) in [6, 6.07) is 13.5. The Bertz CT molecular complexity index is 1840. The van der Waals surface area contributed by atoms with Crippen LogP contribution >= 0.6 is 0 Å². The Morgan fingerprint density at radius 1 is 0.977 bits per heavy atom. The highest BCUT2D eigenvalue weighted by molar-refractivity contribution is 6.24. The van der Waals surface area contributed by atoms with Gasteiger partial charge < -0.3 is 31.4 Å². The summed E-state index contributed by atoms with van der Waals surface area (Å²) in [5, 5.41) is 58.2. The minimum absolute atomic E-state index is 0.00335. The van der Waals surface area contributed by atoms with Gasteiger partial charge in [0.05, 0.1) is 11.6 Å². The van der Waals surface area contributed by atoms with Crippen LogP contribution in [0.1, 0.15) is 23.1 Å². The molecule has 228 valence electrons. The van der Waals surface area contributed by atoms with E-state index >= 15 is 0 Å². The van der Waals surface area contributed by atoms with Crippen LogP contribution in [0.25, 0.3) is 27.7 Å². The number of fused-ring (bicyclic) bond motifs is 4. The molecular weight excluding hydrogens is 566 g/mol. The maximum absolute atomic E-state index is 14.1. The Morgan fingerprint density at radius 3 is 2.27 bits per heavy atom. The van der Waals surface area contributed by atoms with Crippen LogP contribution in [0.5, 0.6) is 5.75 Å². The van der Waals surface area contributed by atoms with E-state index in [2.05, 4.69) is 0 Å². The lowest BCUT2D eigenvalue weighted by molar-refractivity contribution is -0.153. The molecule has 3 aromatic rings. The summed E-state index contributed by atoms with van der Waals surface area (Å²) in [4.78, 5) is 41.1. The summed E-state index contributed by atoms with van der Waals surface area (Å²) >= 11 is 0. The molecule has 0 aromatic heterocycles. The van der Waals surface area contributed by atoms with E-state index in [1.165, 1.54) is 11.0 Å². The smallest absolute Gasteiger partial charge is 0.255 e. The van der Waals surface area contributed by atoms with E-state index in [4.69, 9.17) is 5.73 Å². The first-order chi connectivity index (χ1) is 20.8. The van der Waals surface area contributed by atoms with Crippen LogP contribution in [0, 0.1) is 11.8 Å². The van der Waals surface area contributed by atoms with Crippen LogP contribution in [0.4, 0.5) is 0 Å². The minimum Gasteiger partial charge on any atom is -0.508 e. The van der Waals surface area contributed by atoms with Gasteiger partial charge in [0, 0.05) is 25.1 Å². The number of Topliss-reactive ketones (excluding diaryl/α,β-unsaturated/α-hetero) is 2. The van der Waals surface area contributed by atoms with E-state index in [0.29, 0.717) is 17.7 Å². The van der Waals surface area contributed by atoms with E-state index < -0.39 is 58.0 Å². The monoisotopic (exact) mass is 599 g/mol. The molecule has 44 heavy (non-hydrogen) atoms. The highest BCUT2D eigenvalue weighted by atomic mass is 16.5. The molecule has 0 unspecified atom stereocenters. The van der Waals surface area contributed by atoms with Crippen LogP contribution in [-0.4, -0.2) is 85.9 Å². The van der Waals surface area contributed by atoms with Gasteiger partial charge in [-0.1, -0.05) is 42.5 Å². The number of aliphatic hydroxyl groups is 3. The normalized spacial score (nSPS) is 25.0. The van der Waals surface area contributed by atoms with Gasteiger partial charge in [0.25, 0.3) is 5.91 Å². The number of hydroxylamine groups is 2. The number of aromatic hydroxyl groups is 1. The third kappa shape index (κ3) is 4.08. The molecule has 1 saturated carbocycles. The maximum Gasteiger partial charge on any atom is 0.255 e. The summed E-state index contributed by atoms with van der Waals surface area (Å²) in [6.45, 7) is 0.292. The molecule has 0 aliphatic heterocycles. The van der Waals surface area contributed by atoms with Crippen LogP contribution in [-0.2, 0) is 27.3 Å². The number of rotatable bonds is 5. The van der Waals surface area contributed by atoms with Gasteiger partial charge in [-0.2, -0.15) is 5.06 Å². The second-order valence-corrected chi connectivity index (χ2v) is 12.1. The lowest BCUT2D eigenvalue weighted by Crippen LogP contribution is -2.65. The fraction of sp³-hybridized carbons (Fsp3) is 0.303. The fourth-order valence-electron chi connectivity index (χ4n) is 7.48. The lowest BCUT2D eigenvalue weighted by atomic mass is 9.57. The molecule has 0 bridgehead atoms. The molecule has 0 saturated heterocycles. The number of aliphatic hydroxyl groups excluding tert-OH is 2. The van der Waals surface area contributed by atoms with Crippen molar-refractivity contribution in [2.75, 3.05) is 21.1 Å². The number of carbonyl (C=O) groups excluding carboxylic acids is 3. The number of phenolic OH excluding ortho intramolecular Hbond substituents is 1. The molecule has 0 spiro atoms. The van der Waals surface area contributed by atoms with E-state index in [9.17, 15) is 40.0 Å². The van der Waals surface area contributed by atoms with Crippen molar-refractivity contribution in [3.8, 4) is 16.9 Å². The molecule has 7 N–H and O–H groups in total. The third-order valence-corrected chi connectivity index (χ3v) is 9.31. The summed E-state index contributed by atoms with van der Waals surface area (Å²) in [6.07, 6.45) is 0.178. The average Bonchev–Trinajstić information content (AvgIpc) is 2.95. The van der Waals surface area contributed by atoms with Crippen molar-refractivity contribution in [3.05, 3.63) is 82.1 Å². The van der Waals surface area contributed by atoms with E-state index in [1.54, 1.807) is 27.2 Å². The lowest BCUT2D eigenvalue weighted by Gasteiger charge is -2.50. The van der Waals surface area contributed by atoms with Gasteiger partial charge in [0.1, 0.15) is 22.8 Å². The average molecular weight is 600 g/mol. The van der Waals surface area contributed by atoms with Crippen molar-refractivity contribution in [1.82, 2.24) is 9.96 Å². The predicted molar refractivity (Wildman–Crippen MR) is 160 cm³/mol. The summed E-state index contributed by atoms with van der Waals surface area (Å²) in [5.41, 5.74) is 4.67. The number of carbonyl (C=O) groups is 3. The first-order valence-electron chi connectivity index (χ1n) is 14.2. The number of primary amides is 1. The molecule has 0 heterocycles. The number of nitrogens with zero attached hydrogens (tertiary/aromatic N) is 2. The molecule has 11 nitrogen and oxygen atoms in total. The summed E-state index contributed by atoms with van der Waals surface area (Å²) in [7, 11) is 4.68. The third-order valence-electron chi connectivity index (χ3n) is 9.31. The van der Waals surface area contributed by atoms with Crippen LogP contribution in [0.15, 0.2) is 65.4 Å². The van der Waals surface area contributed by atoms with Crippen LogP contribution in [0.2, 0.25) is 0 Å². The Morgan fingerprint density at radius 2 is 1.64 bits per heavy atom. The number of benzene rings is 3. The number of likely N-dealkylation sites (N-methyl/N-ethyl adjacent to an activating group) is 1. The second-order valence-electron chi connectivity index (χ2n) is 12.1. The molecule has 3 aliphatic rings. The van der Waals surface area contributed by atoms with E-state index in [-0.39, 0.29) is 29.7 Å². The SMILES string of the molecule is CN(O)Cc1ccc(-c2ccc(O)c3c2C[C@H]2C[C@H]4[C@@H](N(C)C)C(=O)C(C(N)=O)=C(O)[C@@]4(O)C(=O)C2=C3O)c2ccccc12. The van der Waals surface area contributed by atoms with Crippen molar-refractivity contribution in [2.45, 2.75) is 31.0 Å². The molecule has 11 heteroatoms. The van der Waals surface area contributed by atoms with Crippen molar-refractivity contribution < 1.29 is 40.0 Å². The Hall–Kier alpha value is -4.55. The summed E-state index contributed by atoms with van der Waals surface area (Å²) in [5.74, 6) is -6.90. The van der Waals surface area contributed by atoms with E-state index in [0.717, 1.165) is 27.0 Å². The molecular formula is C33H33N3O8. The Kier molecular flexibility index (Phi) is 6.89. The van der Waals surface area contributed by atoms with Gasteiger partial charge >= 0.3 is 0 Å². The Balaban J connectivity index is 1.56. The molecule has 1 amide bonds. The number of ketones is 2. The molecule has 0 radical (unpaired) electrons. The first-order valence-corrected chi connectivity index (χ1v) is 14.2. The zero-order chi connectivity index (χ0) is 31.8. The van der Waals surface area contributed by atoms with Gasteiger partial charge in [0.2, 0.25) is 5.78 Å². The van der Waals surface area contributed by atoms with Crippen molar-refractivity contribution in [3.63, 3.8) is 0 Å². The minimum atomic E-state index is -2.69. The molecule has 1 fully saturated rings. The number of amides is 1. The number of phenols is 1. The number of hydrogen-bond acceptors (Lipinski definition) is 10. The van der Waals surface area contributed by atoms with Gasteiger partial charge in [0.15, 0.2) is 11.4 Å². The quantitative estimate of drug-likeness (QED) is 0.188. The predicted octanol–water partition coefficient (Wildman–Crippen LogP) is 2.61. The summed E-state index contributed by atoms with van der Waals surface area (Å²) < 4.78 is 0. The van der Waals surface area contributed by atoms with Gasteiger partial charge in [-0.25, -0.2) is 0 Å². The van der Waals surface area contributed by atoms with Gasteiger partial charge in [-0.05, 0) is 71.9 Å². The van der Waals surface area contributed by atoms with Crippen LogP contribution < -0.4 is 5.73 Å². The van der Waals surface area contributed by atoms with Crippen molar-refractivity contribution in [1.29, 1.82) is 0 Å². The van der Waals surface area contributed by atoms with E-state index in [1.807, 2.05) is 36.4 Å². The second kappa shape index (κ2) is 10.3. The molecule has 6 rings (SSSR count). The Labute approximate surface area is 252 Å².